The number of nitrogens with two attached hydrogens (primary N) is 1. The van der Waals surface area contributed by atoms with Crippen molar-refractivity contribution < 1.29 is 4.74 Å². The lowest BCUT2D eigenvalue weighted by atomic mass is 10.1. The molecular weight excluding hydrogens is 428 g/mol. The Bertz CT molecular complexity index is 1250. The fourth-order valence-electron chi connectivity index (χ4n) is 4.33. The summed E-state index contributed by atoms with van der Waals surface area (Å²) in [5, 5.41) is 7.94. The fraction of sp³-hybridized carbons (Fsp3) is 0.360. The minimum atomic E-state index is 0.265. The monoisotopic (exact) mass is 458 g/mol. The van der Waals surface area contributed by atoms with Crippen LogP contribution in [0.5, 0.6) is 6.01 Å². The van der Waals surface area contributed by atoms with Crippen LogP contribution < -0.4 is 20.7 Å². The van der Waals surface area contributed by atoms with Gasteiger partial charge in [-0.2, -0.15) is 4.98 Å². The summed E-state index contributed by atoms with van der Waals surface area (Å²) in [5.41, 5.74) is 11.1. The maximum absolute atomic E-state index is 6.15. The topological polar surface area (TPSA) is 106 Å². The number of benzene rings is 1. The van der Waals surface area contributed by atoms with Crippen LogP contribution in [0, 0.1) is 6.92 Å². The first kappa shape index (κ1) is 22.1. The molecule has 0 radical (unpaired) electrons. The number of imidazole rings is 1. The van der Waals surface area contributed by atoms with Crippen LogP contribution in [-0.2, 0) is 12.8 Å². The van der Waals surface area contributed by atoms with Crippen molar-refractivity contribution in [2.45, 2.75) is 26.2 Å². The van der Waals surface area contributed by atoms with E-state index < -0.39 is 0 Å². The summed E-state index contributed by atoms with van der Waals surface area (Å²) in [7, 11) is 0. The molecule has 9 heteroatoms. The predicted molar refractivity (Wildman–Crippen MR) is 132 cm³/mol. The van der Waals surface area contributed by atoms with Crippen molar-refractivity contribution in [3.05, 3.63) is 71.2 Å². The average Bonchev–Trinajstić information content (AvgIpc) is 3.26. The molecule has 0 aliphatic carbocycles. The molecule has 4 heterocycles. The number of anilines is 2. The van der Waals surface area contributed by atoms with Crippen LogP contribution in [0.15, 0.2) is 48.8 Å². The molecule has 1 fully saturated rings. The van der Waals surface area contributed by atoms with Crippen LogP contribution in [-0.4, -0.2) is 57.4 Å². The minimum absolute atomic E-state index is 0.265. The summed E-state index contributed by atoms with van der Waals surface area (Å²) < 4.78 is 7.55. The summed E-state index contributed by atoms with van der Waals surface area (Å²) in [5.74, 6) is 1.36. The van der Waals surface area contributed by atoms with Gasteiger partial charge in [-0.05, 0) is 36.5 Å². The first-order valence-corrected chi connectivity index (χ1v) is 11.8. The van der Waals surface area contributed by atoms with Gasteiger partial charge in [0.25, 0.3) is 0 Å². The van der Waals surface area contributed by atoms with E-state index in [0.717, 1.165) is 56.1 Å². The molecule has 1 saturated heterocycles. The van der Waals surface area contributed by atoms with Gasteiger partial charge in [-0.25, -0.2) is 14.5 Å². The van der Waals surface area contributed by atoms with E-state index in [1.54, 1.807) is 10.7 Å². The van der Waals surface area contributed by atoms with E-state index in [4.69, 9.17) is 15.5 Å². The molecule has 3 N–H and O–H groups in total. The number of fused-ring (bicyclic) bond motifs is 1. The molecule has 1 aliphatic rings. The SMILES string of the molecule is Cc1cc(Cc2cnc3c(N)nc(OCCCc4ccccc4)nn23)cnc1N1CCNCC1. The first-order chi connectivity index (χ1) is 16.7. The molecule has 0 atom stereocenters. The van der Waals surface area contributed by atoms with E-state index in [-0.39, 0.29) is 6.01 Å². The van der Waals surface area contributed by atoms with Crippen molar-refractivity contribution in [2.24, 2.45) is 0 Å². The number of ether oxygens (including phenoxy) is 1. The summed E-state index contributed by atoms with van der Waals surface area (Å²) in [4.78, 5) is 15.8. The van der Waals surface area contributed by atoms with Gasteiger partial charge in [0, 0.05) is 38.8 Å². The molecule has 9 nitrogen and oxygen atoms in total. The Morgan fingerprint density at radius 2 is 1.88 bits per heavy atom. The van der Waals surface area contributed by atoms with Crippen LogP contribution in [0.2, 0.25) is 0 Å². The lowest BCUT2D eigenvalue weighted by Crippen LogP contribution is -2.44. The van der Waals surface area contributed by atoms with Crippen molar-refractivity contribution in [3.63, 3.8) is 0 Å². The van der Waals surface area contributed by atoms with Crippen molar-refractivity contribution in [3.8, 4) is 6.01 Å². The van der Waals surface area contributed by atoms with Crippen molar-refractivity contribution in [1.29, 1.82) is 0 Å². The Morgan fingerprint density at radius 3 is 2.68 bits per heavy atom. The highest BCUT2D eigenvalue weighted by Gasteiger charge is 2.16. The smallest absolute Gasteiger partial charge is 0.336 e. The molecular formula is C25H30N8O. The summed E-state index contributed by atoms with van der Waals surface area (Å²) in [6, 6.07) is 12.8. The summed E-state index contributed by atoms with van der Waals surface area (Å²) in [6.07, 6.45) is 6.17. The quantitative estimate of drug-likeness (QED) is 0.388. The summed E-state index contributed by atoms with van der Waals surface area (Å²) in [6.45, 7) is 6.56. The molecule has 1 aromatic carbocycles. The number of pyridine rings is 1. The second-order valence-corrected chi connectivity index (χ2v) is 8.60. The van der Waals surface area contributed by atoms with Gasteiger partial charge in [0.2, 0.25) is 0 Å². The number of nitrogens with zero attached hydrogens (tertiary/aromatic N) is 6. The predicted octanol–water partition coefficient (Wildman–Crippen LogP) is 2.42. The van der Waals surface area contributed by atoms with Gasteiger partial charge in [-0.1, -0.05) is 36.4 Å². The Balaban J connectivity index is 1.28. The molecule has 4 aromatic rings. The molecule has 3 aromatic heterocycles. The van der Waals surface area contributed by atoms with Crippen LogP contribution in [0.4, 0.5) is 11.6 Å². The largest absolute Gasteiger partial charge is 0.462 e. The highest BCUT2D eigenvalue weighted by Crippen LogP contribution is 2.21. The molecule has 0 bridgehead atoms. The molecule has 0 saturated carbocycles. The summed E-state index contributed by atoms with van der Waals surface area (Å²) >= 11 is 0. The lowest BCUT2D eigenvalue weighted by molar-refractivity contribution is 0.282. The lowest BCUT2D eigenvalue weighted by Gasteiger charge is -2.29. The molecule has 0 unspecified atom stereocenters. The number of nitrogens with one attached hydrogen (secondary N) is 1. The molecule has 0 spiro atoms. The van der Waals surface area contributed by atoms with E-state index in [1.807, 2.05) is 24.4 Å². The zero-order valence-corrected chi connectivity index (χ0v) is 19.4. The van der Waals surface area contributed by atoms with Crippen LogP contribution >= 0.6 is 0 Å². The van der Waals surface area contributed by atoms with Crippen LogP contribution in [0.3, 0.4) is 0 Å². The van der Waals surface area contributed by atoms with Gasteiger partial charge < -0.3 is 20.7 Å². The molecule has 5 rings (SSSR count). The van der Waals surface area contributed by atoms with E-state index >= 15 is 0 Å². The highest BCUT2D eigenvalue weighted by molar-refractivity contribution is 5.60. The number of rotatable bonds is 8. The van der Waals surface area contributed by atoms with Gasteiger partial charge in [0.15, 0.2) is 11.5 Å². The Labute approximate surface area is 199 Å². The minimum Gasteiger partial charge on any atom is -0.462 e. The maximum atomic E-state index is 6.15. The Morgan fingerprint density at radius 1 is 1.06 bits per heavy atom. The van der Waals surface area contributed by atoms with E-state index in [9.17, 15) is 0 Å². The van der Waals surface area contributed by atoms with Gasteiger partial charge in [-0.3, -0.25) is 0 Å². The highest BCUT2D eigenvalue weighted by atomic mass is 16.5. The third-order valence-electron chi connectivity index (χ3n) is 6.03. The van der Waals surface area contributed by atoms with Crippen molar-refractivity contribution >= 4 is 17.3 Å². The number of piperazine rings is 1. The third-order valence-corrected chi connectivity index (χ3v) is 6.03. The molecule has 34 heavy (non-hydrogen) atoms. The van der Waals surface area contributed by atoms with E-state index in [0.29, 0.717) is 24.5 Å². The molecule has 0 amide bonds. The van der Waals surface area contributed by atoms with Crippen LogP contribution in [0.25, 0.3) is 5.65 Å². The molecule has 1 aliphatic heterocycles. The number of hydrogen-bond donors (Lipinski definition) is 2. The number of aromatic nitrogens is 5. The van der Waals surface area contributed by atoms with Crippen LogP contribution in [0.1, 0.15) is 28.8 Å². The Kier molecular flexibility index (Phi) is 6.53. The number of aryl methyl sites for hydroxylation is 2. The van der Waals surface area contributed by atoms with Crippen molar-refractivity contribution in [2.75, 3.05) is 43.4 Å². The third kappa shape index (κ3) is 4.94. The maximum Gasteiger partial charge on any atom is 0.336 e. The first-order valence-electron chi connectivity index (χ1n) is 11.8. The standard InChI is InChI=1S/C25H30N8O/c1-18-14-20(16-28-23(18)32-11-9-27-10-12-32)15-21-17-29-24-22(26)30-25(31-33(21)24)34-13-5-8-19-6-3-2-4-7-19/h2-4,6-7,14,16-17,27H,5,8-13,15H2,1H3,(H2,26,30,31). The van der Waals surface area contributed by atoms with Gasteiger partial charge in [-0.15, -0.1) is 5.10 Å². The zero-order valence-electron chi connectivity index (χ0n) is 19.4. The van der Waals surface area contributed by atoms with Gasteiger partial charge >= 0.3 is 6.01 Å². The normalized spacial score (nSPS) is 14.0. The fourth-order valence-corrected chi connectivity index (χ4v) is 4.33. The van der Waals surface area contributed by atoms with E-state index in [2.05, 4.69) is 50.4 Å². The van der Waals surface area contributed by atoms with E-state index in [1.165, 1.54) is 11.1 Å². The zero-order chi connectivity index (χ0) is 23.3. The van der Waals surface area contributed by atoms with Gasteiger partial charge in [0.1, 0.15) is 5.82 Å². The van der Waals surface area contributed by atoms with Crippen molar-refractivity contribution in [1.82, 2.24) is 29.9 Å². The Hall–Kier alpha value is -3.72. The number of nitrogen functional groups attached to an aromatic ring is 1. The number of hydrogen-bond acceptors (Lipinski definition) is 8. The second kappa shape index (κ2) is 10.0. The molecule has 176 valence electrons. The van der Waals surface area contributed by atoms with Gasteiger partial charge in [0.05, 0.1) is 18.5 Å². The second-order valence-electron chi connectivity index (χ2n) is 8.60. The average molecular weight is 459 g/mol.